The number of thiophene rings is 1. The van der Waals surface area contributed by atoms with Crippen LogP contribution in [0.15, 0.2) is 46.0 Å². The summed E-state index contributed by atoms with van der Waals surface area (Å²) >= 11 is 3.21. The Balaban J connectivity index is 2.12. The van der Waals surface area contributed by atoms with Gasteiger partial charge in [-0.2, -0.15) is 11.3 Å². The van der Waals surface area contributed by atoms with Gasteiger partial charge in [-0.25, -0.2) is 4.79 Å². The van der Waals surface area contributed by atoms with Gasteiger partial charge in [0, 0.05) is 10.6 Å². The molecule has 0 amide bonds. The minimum Gasteiger partial charge on any atom is -0.478 e. The average molecular weight is 250 g/mol. The van der Waals surface area contributed by atoms with Crippen LogP contribution in [0.2, 0.25) is 0 Å². The Morgan fingerprint density at radius 1 is 1.31 bits per heavy atom. The van der Waals surface area contributed by atoms with E-state index < -0.39 is 5.97 Å². The second-order valence-corrected chi connectivity index (χ2v) is 5.02. The van der Waals surface area contributed by atoms with Crippen molar-refractivity contribution >= 4 is 29.1 Å². The fraction of sp³-hybridized carbons (Fsp3) is 0.0833. The van der Waals surface area contributed by atoms with Crippen molar-refractivity contribution in [2.45, 2.75) is 10.6 Å². The van der Waals surface area contributed by atoms with Crippen molar-refractivity contribution in [3.05, 3.63) is 52.2 Å². The van der Waals surface area contributed by atoms with Crippen LogP contribution in [0.5, 0.6) is 0 Å². The summed E-state index contributed by atoms with van der Waals surface area (Å²) in [5, 5.41) is 13.1. The van der Waals surface area contributed by atoms with E-state index in [2.05, 4.69) is 11.4 Å². The number of aromatic carboxylic acids is 1. The molecule has 0 atom stereocenters. The van der Waals surface area contributed by atoms with Gasteiger partial charge in [0.15, 0.2) is 0 Å². The molecule has 0 fully saturated rings. The normalized spacial score (nSPS) is 10.2. The number of carboxylic acids is 1. The van der Waals surface area contributed by atoms with Crippen LogP contribution in [0.3, 0.4) is 0 Å². The molecule has 0 spiro atoms. The first-order valence-electron chi connectivity index (χ1n) is 4.73. The summed E-state index contributed by atoms with van der Waals surface area (Å²) in [6.07, 6.45) is 0. The van der Waals surface area contributed by atoms with E-state index in [0.717, 1.165) is 10.6 Å². The summed E-state index contributed by atoms with van der Waals surface area (Å²) in [4.78, 5) is 11.8. The monoisotopic (exact) mass is 250 g/mol. The molecule has 0 unspecified atom stereocenters. The topological polar surface area (TPSA) is 37.3 Å². The molecule has 82 valence electrons. The van der Waals surface area contributed by atoms with Crippen molar-refractivity contribution in [1.82, 2.24) is 0 Å². The largest absolute Gasteiger partial charge is 0.478 e. The van der Waals surface area contributed by atoms with E-state index in [1.54, 1.807) is 35.2 Å². The third-order valence-electron chi connectivity index (χ3n) is 2.09. The molecule has 0 saturated heterocycles. The maximum absolute atomic E-state index is 11.0. The summed E-state index contributed by atoms with van der Waals surface area (Å²) < 4.78 is 0. The van der Waals surface area contributed by atoms with E-state index in [-0.39, 0.29) is 0 Å². The number of benzene rings is 1. The van der Waals surface area contributed by atoms with E-state index in [9.17, 15) is 4.79 Å². The van der Waals surface area contributed by atoms with Gasteiger partial charge in [0.2, 0.25) is 0 Å². The minimum absolute atomic E-state index is 0.378. The second-order valence-electron chi connectivity index (χ2n) is 3.22. The molecule has 0 aliphatic carbocycles. The summed E-state index contributed by atoms with van der Waals surface area (Å²) in [6, 6.07) is 9.15. The molecule has 1 heterocycles. The van der Waals surface area contributed by atoms with Crippen LogP contribution in [-0.2, 0) is 5.75 Å². The Bertz CT molecular complexity index is 478. The Morgan fingerprint density at radius 2 is 2.12 bits per heavy atom. The lowest BCUT2D eigenvalue weighted by molar-refractivity contribution is 0.0693. The summed E-state index contributed by atoms with van der Waals surface area (Å²) in [7, 11) is 0. The fourth-order valence-corrected chi connectivity index (χ4v) is 3.07. The lowest BCUT2D eigenvalue weighted by Gasteiger charge is -2.04. The lowest BCUT2D eigenvalue weighted by atomic mass is 10.2. The Morgan fingerprint density at radius 3 is 2.81 bits per heavy atom. The fourth-order valence-electron chi connectivity index (χ4n) is 1.31. The summed E-state index contributed by atoms with van der Waals surface area (Å²) in [5.74, 6) is -0.0539. The molecule has 4 heteroatoms. The van der Waals surface area contributed by atoms with Crippen LogP contribution in [-0.4, -0.2) is 11.1 Å². The second kappa shape index (κ2) is 5.18. The minimum atomic E-state index is -0.867. The molecule has 0 saturated carbocycles. The third-order valence-corrected chi connectivity index (χ3v) is 3.97. The van der Waals surface area contributed by atoms with E-state index in [4.69, 9.17) is 5.11 Å². The molecular formula is C12H10O2S2. The molecule has 2 nitrogen and oxygen atoms in total. The first-order valence-corrected chi connectivity index (χ1v) is 6.66. The van der Waals surface area contributed by atoms with Crippen LogP contribution in [0.25, 0.3) is 0 Å². The van der Waals surface area contributed by atoms with Crippen molar-refractivity contribution < 1.29 is 9.90 Å². The van der Waals surface area contributed by atoms with Crippen molar-refractivity contribution in [2.24, 2.45) is 0 Å². The van der Waals surface area contributed by atoms with Crippen LogP contribution < -0.4 is 0 Å². The van der Waals surface area contributed by atoms with Crippen molar-refractivity contribution in [2.75, 3.05) is 0 Å². The van der Waals surface area contributed by atoms with Gasteiger partial charge < -0.3 is 5.11 Å². The van der Waals surface area contributed by atoms with E-state index in [1.165, 1.54) is 5.56 Å². The quantitative estimate of drug-likeness (QED) is 0.840. The van der Waals surface area contributed by atoms with Crippen LogP contribution in [0.1, 0.15) is 15.9 Å². The Kier molecular flexibility index (Phi) is 3.64. The molecule has 16 heavy (non-hydrogen) atoms. The van der Waals surface area contributed by atoms with Crippen LogP contribution in [0.4, 0.5) is 0 Å². The van der Waals surface area contributed by atoms with Crippen molar-refractivity contribution in [3.63, 3.8) is 0 Å². The zero-order chi connectivity index (χ0) is 11.4. The van der Waals surface area contributed by atoms with Gasteiger partial charge in [-0.05, 0) is 34.5 Å². The molecule has 1 aromatic carbocycles. The number of rotatable bonds is 4. The van der Waals surface area contributed by atoms with Gasteiger partial charge in [-0.3, -0.25) is 0 Å². The number of carbonyl (C=O) groups is 1. The number of hydrogen-bond donors (Lipinski definition) is 1. The summed E-state index contributed by atoms with van der Waals surface area (Å²) in [6.45, 7) is 0. The Hall–Kier alpha value is -1.26. The number of carboxylic acid groups (broad SMARTS) is 1. The smallest absolute Gasteiger partial charge is 0.336 e. The zero-order valence-electron chi connectivity index (χ0n) is 8.42. The molecule has 1 N–H and O–H groups in total. The third kappa shape index (κ3) is 2.65. The van der Waals surface area contributed by atoms with E-state index >= 15 is 0 Å². The zero-order valence-corrected chi connectivity index (χ0v) is 10.1. The highest BCUT2D eigenvalue weighted by Gasteiger charge is 2.09. The molecule has 0 aliphatic rings. The first kappa shape index (κ1) is 11.2. The number of thioether (sulfide) groups is 1. The predicted molar refractivity (Wildman–Crippen MR) is 67.3 cm³/mol. The molecule has 1 aromatic heterocycles. The van der Waals surface area contributed by atoms with Crippen molar-refractivity contribution in [1.29, 1.82) is 0 Å². The highest BCUT2D eigenvalue weighted by atomic mass is 32.2. The van der Waals surface area contributed by atoms with Crippen LogP contribution in [0, 0.1) is 0 Å². The maximum Gasteiger partial charge on any atom is 0.336 e. The van der Waals surface area contributed by atoms with Gasteiger partial charge in [0.1, 0.15) is 0 Å². The number of hydrogen-bond acceptors (Lipinski definition) is 3. The van der Waals surface area contributed by atoms with Gasteiger partial charge in [-0.1, -0.05) is 12.1 Å². The standard InChI is InChI=1S/C12H10O2S2/c13-12(14)10-3-1-2-4-11(10)16-8-9-5-6-15-7-9/h1-7H,8H2,(H,13,14). The van der Waals surface area contributed by atoms with E-state index in [0.29, 0.717) is 5.56 Å². The molecular weight excluding hydrogens is 240 g/mol. The molecule has 2 rings (SSSR count). The van der Waals surface area contributed by atoms with Gasteiger partial charge in [0.05, 0.1) is 5.56 Å². The molecule has 0 radical (unpaired) electrons. The van der Waals surface area contributed by atoms with Crippen LogP contribution >= 0.6 is 23.1 Å². The highest BCUT2D eigenvalue weighted by molar-refractivity contribution is 7.98. The molecule has 2 aromatic rings. The van der Waals surface area contributed by atoms with E-state index in [1.807, 2.05) is 17.5 Å². The maximum atomic E-state index is 11.0. The lowest BCUT2D eigenvalue weighted by Crippen LogP contribution is -1.98. The Labute approximate surface area is 102 Å². The highest BCUT2D eigenvalue weighted by Crippen LogP contribution is 2.26. The SMILES string of the molecule is O=C(O)c1ccccc1SCc1ccsc1. The van der Waals surface area contributed by atoms with Gasteiger partial charge >= 0.3 is 5.97 Å². The first-order chi connectivity index (χ1) is 7.77. The molecule has 0 aliphatic heterocycles. The predicted octanol–water partition coefficient (Wildman–Crippen LogP) is 3.74. The van der Waals surface area contributed by atoms with Gasteiger partial charge in [-0.15, -0.1) is 11.8 Å². The molecule has 0 bridgehead atoms. The summed E-state index contributed by atoms with van der Waals surface area (Å²) in [5.41, 5.74) is 1.61. The van der Waals surface area contributed by atoms with Gasteiger partial charge in [0.25, 0.3) is 0 Å². The average Bonchev–Trinajstić information content (AvgIpc) is 2.79. The van der Waals surface area contributed by atoms with Crippen molar-refractivity contribution in [3.8, 4) is 0 Å².